The van der Waals surface area contributed by atoms with Crippen LogP contribution >= 0.6 is 0 Å². The molecular formula is C19H24N2O4. The molecule has 0 aromatic heterocycles. The SMILES string of the molecule is O=C(NC1CCCCC1)[C@H]1CCC(=O)N1Cc1ccc2c(c1)OCO2. The Kier molecular flexibility index (Phi) is 4.51. The molecule has 0 unspecified atom stereocenters. The van der Waals surface area contributed by atoms with Gasteiger partial charge in [0.1, 0.15) is 6.04 Å². The summed E-state index contributed by atoms with van der Waals surface area (Å²) in [6, 6.07) is 5.58. The highest BCUT2D eigenvalue weighted by molar-refractivity contribution is 5.91. The zero-order valence-electron chi connectivity index (χ0n) is 14.3. The maximum atomic E-state index is 12.7. The minimum Gasteiger partial charge on any atom is -0.454 e. The molecule has 25 heavy (non-hydrogen) atoms. The third-order valence-electron chi connectivity index (χ3n) is 5.37. The standard InChI is InChI=1S/C19H24N2O4/c22-18-9-7-15(19(23)20-14-4-2-1-3-5-14)21(18)11-13-6-8-16-17(10-13)25-12-24-16/h6,8,10,14-15H,1-5,7,9,11-12H2,(H,20,23)/t15-/m1/s1. The molecule has 1 N–H and O–H groups in total. The molecule has 1 saturated heterocycles. The molecule has 6 nitrogen and oxygen atoms in total. The van der Waals surface area contributed by atoms with Gasteiger partial charge in [-0.25, -0.2) is 0 Å². The summed E-state index contributed by atoms with van der Waals surface area (Å²) in [5.41, 5.74) is 0.954. The first-order valence-electron chi connectivity index (χ1n) is 9.19. The van der Waals surface area contributed by atoms with Gasteiger partial charge < -0.3 is 19.7 Å². The van der Waals surface area contributed by atoms with Gasteiger partial charge in [-0.3, -0.25) is 9.59 Å². The molecule has 4 rings (SSSR count). The van der Waals surface area contributed by atoms with Crippen molar-refractivity contribution >= 4 is 11.8 Å². The van der Waals surface area contributed by atoms with Crippen molar-refractivity contribution in [2.75, 3.05) is 6.79 Å². The van der Waals surface area contributed by atoms with Crippen molar-refractivity contribution in [3.8, 4) is 11.5 Å². The monoisotopic (exact) mass is 344 g/mol. The van der Waals surface area contributed by atoms with Crippen LogP contribution < -0.4 is 14.8 Å². The lowest BCUT2D eigenvalue weighted by Crippen LogP contribution is -2.48. The van der Waals surface area contributed by atoms with Crippen molar-refractivity contribution in [1.82, 2.24) is 10.2 Å². The maximum Gasteiger partial charge on any atom is 0.243 e. The van der Waals surface area contributed by atoms with Crippen molar-refractivity contribution in [2.24, 2.45) is 0 Å². The van der Waals surface area contributed by atoms with Crippen LogP contribution in [0, 0.1) is 0 Å². The van der Waals surface area contributed by atoms with Crippen molar-refractivity contribution in [1.29, 1.82) is 0 Å². The largest absolute Gasteiger partial charge is 0.454 e. The normalized spacial score (nSPS) is 23.1. The van der Waals surface area contributed by atoms with E-state index in [1.165, 1.54) is 19.3 Å². The molecule has 1 aromatic carbocycles. The molecule has 2 heterocycles. The van der Waals surface area contributed by atoms with E-state index < -0.39 is 0 Å². The first-order chi connectivity index (χ1) is 12.2. The van der Waals surface area contributed by atoms with Gasteiger partial charge in [0, 0.05) is 19.0 Å². The molecule has 134 valence electrons. The molecule has 0 radical (unpaired) electrons. The fourth-order valence-corrected chi connectivity index (χ4v) is 3.98. The van der Waals surface area contributed by atoms with Crippen molar-refractivity contribution in [3.05, 3.63) is 23.8 Å². The second-order valence-electron chi connectivity index (χ2n) is 7.11. The third-order valence-corrected chi connectivity index (χ3v) is 5.37. The number of nitrogens with zero attached hydrogens (tertiary/aromatic N) is 1. The van der Waals surface area contributed by atoms with Crippen LogP contribution in [-0.4, -0.2) is 35.6 Å². The molecular weight excluding hydrogens is 320 g/mol. The Morgan fingerprint density at radius 1 is 1.12 bits per heavy atom. The summed E-state index contributed by atoms with van der Waals surface area (Å²) < 4.78 is 10.7. The fraction of sp³-hybridized carbons (Fsp3) is 0.579. The lowest BCUT2D eigenvalue weighted by molar-refractivity contribution is -0.136. The topological polar surface area (TPSA) is 67.9 Å². The Balaban J connectivity index is 1.43. The van der Waals surface area contributed by atoms with Gasteiger partial charge in [0.25, 0.3) is 0 Å². The number of rotatable bonds is 4. The number of hydrogen-bond donors (Lipinski definition) is 1. The average Bonchev–Trinajstić information content (AvgIpc) is 3.23. The van der Waals surface area contributed by atoms with Crippen LogP contribution in [0.25, 0.3) is 0 Å². The van der Waals surface area contributed by atoms with Crippen molar-refractivity contribution < 1.29 is 19.1 Å². The smallest absolute Gasteiger partial charge is 0.243 e. The van der Waals surface area contributed by atoms with Crippen LogP contribution in [0.2, 0.25) is 0 Å². The number of hydrogen-bond acceptors (Lipinski definition) is 4. The highest BCUT2D eigenvalue weighted by Crippen LogP contribution is 2.33. The molecule has 3 aliphatic rings. The molecule has 2 amide bonds. The predicted molar refractivity (Wildman–Crippen MR) is 91.2 cm³/mol. The second-order valence-corrected chi connectivity index (χ2v) is 7.11. The van der Waals surface area contributed by atoms with Gasteiger partial charge in [-0.15, -0.1) is 0 Å². The number of carbonyl (C=O) groups excluding carboxylic acids is 2. The van der Waals surface area contributed by atoms with E-state index in [1.807, 2.05) is 18.2 Å². The summed E-state index contributed by atoms with van der Waals surface area (Å²) in [7, 11) is 0. The van der Waals surface area contributed by atoms with Gasteiger partial charge in [-0.05, 0) is 37.0 Å². The number of ether oxygens (including phenoxy) is 2. The van der Waals surface area contributed by atoms with Crippen LogP contribution in [0.4, 0.5) is 0 Å². The zero-order valence-corrected chi connectivity index (χ0v) is 14.3. The van der Waals surface area contributed by atoms with E-state index in [0.717, 1.165) is 24.2 Å². The molecule has 0 spiro atoms. The Bertz CT molecular complexity index is 669. The van der Waals surface area contributed by atoms with Crippen molar-refractivity contribution in [3.63, 3.8) is 0 Å². The Morgan fingerprint density at radius 3 is 2.76 bits per heavy atom. The van der Waals surface area contributed by atoms with Gasteiger partial charge >= 0.3 is 0 Å². The van der Waals surface area contributed by atoms with E-state index >= 15 is 0 Å². The molecule has 2 aliphatic heterocycles. The Morgan fingerprint density at radius 2 is 1.92 bits per heavy atom. The van der Waals surface area contributed by atoms with Crippen LogP contribution in [-0.2, 0) is 16.1 Å². The summed E-state index contributed by atoms with van der Waals surface area (Å²) in [5.74, 6) is 1.47. The Hall–Kier alpha value is -2.24. The average molecular weight is 344 g/mol. The summed E-state index contributed by atoms with van der Waals surface area (Å²) in [6.45, 7) is 0.659. The zero-order chi connectivity index (χ0) is 17.2. The summed E-state index contributed by atoms with van der Waals surface area (Å²) in [4.78, 5) is 26.7. The first-order valence-corrected chi connectivity index (χ1v) is 9.19. The molecule has 0 bridgehead atoms. The molecule has 1 saturated carbocycles. The second kappa shape index (κ2) is 6.94. The summed E-state index contributed by atoms with van der Waals surface area (Å²) in [5, 5.41) is 3.16. The van der Waals surface area contributed by atoms with Gasteiger partial charge in [-0.2, -0.15) is 0 Å². The van der Waals surface area contributed by atoms with E-state index in [2.05, 4.69) is 5.32 Å². The molecule has 1 atom stereocenters. The molecule has 2 fully saturated rings. The quantitative estimate of drug-likeness (QED) is 0.910. The van der Waals surface area contributed by atoms with Crippen LogP contribution in [0.15, 0.2) is 18.2 Å². The number of nitrogens with one attached hydrogen (secondary N) is 1. The summed E-state index contributed by atoms with van der Waals surface area (Å²) in [6.07, 6.45) is 6.74. The number of benzene rings is 1. The molecule has 6 heteroatoms. The fourth-order valence-electron chi connectivity index (χ4n) is 3.98. The minimum absolute atomic E-state index is 0.00140. The van der Waals surface area contributed by atoms with Gasteiger partial charge in [0.05, 0.1) is 0 Å². The third kappa shape index (κ3) is 3.43. The van der Waals surface area contributed by atoms with Gasteiger partial charge in [0.15, 0.2) is 11.5 Å². The first kappa shape index (κ1) is 16.2. The van der Waals surface area contributed by atoms with E-state index in [9.17, 15) is 9.59 Å². The lowest BCUT2D eigenvalue weighted by atomic mass is 9.95. The number of carbonyl (C=O) groups is 2. The van der Waals surface area contributed by atoms with Crippen LogP contribution in [0.3, 0.4) is 0 Å². The number of amides is 2. The molecule has 1 aliphatic carbocycles. The van der Waals surface area contributed by atoms with Crippen LogP contribution in [0.1, 0.15) is 50.5 Å². The van der Waals surface area contributed by atoms with Gasteiger partial charge in [0.2, 0.25) is 18.6 Å². The number of likely N-dealkylation sites (tertiary alicyclic amines) is 1. The maximum absolute atomic E-state index is 12.7. The summed E-state index contributed by atoms with van der Waals surface area (Å²) >= 11 is 0. The van der Waals surface area contributed by atoms with Crippen molar-refractivity contribution in [2.45, 2.75) is 63.6 Å². The predicted octanol–water partition coefficient (Wildman–Crippen LogP) is 2.36. The van der Waals surface area contributed by atoms with Crippen LogP contribution in [0.5, 0.6) is 11.5 Å². The minimum atomic E-state index is -0.361. The van der Waals surface area contributed by atoms with E-state index in [0.29, 0.717) is 25.1 Å². The molecule has 1 aromatic rings. The highest BCUT2D eigenvalue weighted by Gasteiger charge is 2.36. The Labute approximate surface area is 147 Å². The van der Waals surface area contributed by atoms with E-state index in [1.54, 1.807) is 4.90 Å². The highest BCUT2D eigenvalue weighted by atomic mass is 16.7. The van der Waals surface area contributed by atoms with E-state index in [4.69, 9.17) is 9.47 Å². The lowest BCUT2D eigenvalue weighted by Gasteiger charge is -2.28. The number of fused-ring (bicyclic) bond motifs is 1. The van der Waals surface area contributed by atoms with E-state index in [-0.39, 0.29) is 30.7 Å². The van der Waals surface area contributed by atoms with Gasteiger partial charge in [-0.1, -0.05) is 25.3 Å².